The third-order valence-corrected chi connectivity index (χ3v) is 4.64. The van der Waals surface area contributed by atoms with Gasteiger partial charge in [-0.05, 0) is 50.6 Å². The second kappa shape index (κ2) is 7.66. The number of benzene rings is 2. The van der Waals surface area contributed by atoms with Crippen LogP contribution in [0.15, 0.2) is 60.3 Å². The van der Waals surface area contributed by atoms with E-state index in [4.69, 9.17) is 4.74 Å². The first-order chi connectivity index (χ1) is 13.0. The Morgan fingerprint density at radius 1 is 0.963 bits per heavy atom. The maximum absolute atomic E-state index is 13.2. The number of para-hydroxylation sites is 1. The highest BCUT2D eigenvalue weighted by molar-refractivity contribution is 6.36. The molecule has 0 bridgehead atoms. The Balaban J connectivity index is 2.19. The van der Waals surface area contributed by atoms with Crippen molar-refractivity contribution in [2.45, 2.75) is 26.8 Å². The number of imide groups is 1. The Hall–Kier alpha value is -3.08. The molecular formula is C22H24N2O3. The van der Waals surface area contributed by atoms with Crippen LogP contribution in [0.1, 0.15) is 26.3 Å². The van der Waals surface area contributed by atoms with Gasteiger partial charge in [-0.3, -0.25) is 14.5 Å². The lowest BCUT2D eigenvalue weighted by Crippen LogP contribution is -2.39. The molecule has 1 aliphatic rings. The molecule has 2 aromatic rings. The molecule has 2 amide bonds. The van der Waals surface area contributed by atoms with Gasteiger partial charge in [0.05, 0.1) is 12.7 Å². The summed E-state index contributed by atoms with van der Waals surface area (Å²) in [6, 6.07) is 16.7. The molecule has 0 fully saturated rings. The van der Waals surface area contributed by atoms with Crippen LogP contribution in [0.2, 0.25) is 0 Å². The summed E-state index contributed by atoms with van der Waals surface area (Å²) in [5.41, 5.74) is 2.45. The molecule has 0 aromatic heterocycles. The quantitative estimate of drug-likeness (QED) is 0.733. The summed E-state index contributed by atoms with van der Waals surface area (Å²) in [4.78, 5) is 29.6. The molecular weight excluding hydrogens is 340 g/mol. The summed E-state index contributed by atoms with van der Waals surface area (Å²) in [5, 5.41) is 0. The van der Waals surface area contributed by atoms with Gasteiger partial charge in [0.25, 0.3) is 11.8 Å². The average Bonchev–Trinajstić information content (AvgIpc) is 2.94. The van der Waals surface area contributed by atoms with E-state index in [-0.39, 0.29) is 17.9 Å². The summed E-state index contributed by atoms with van der Waals surface area (Å²) in [6.07, 6.45) is 0. The molecule has 0 saturated carbocycles. The molecule has 5 heteroatoms. The van der Waals surface area contributed by atoms with Crippen molar-refractivity contribution < 1.29 is 14.3 Å². The maximum Gasteiger partial charge on any atom is 0.278 e. The molecule has 0 radical (unpaired) electrons. The Labute approximate surface area is 159 Å². The van der Waals surface area contributed by atoms with E-state index in [9.17, 15) is 9.59 Å². The van der Waals surface area contributed by atoms with E-state index in [1.54, 1.807) is 19.2 Å². The van der Waals surface area contributed by atoms with Crippen LogP contribution >= 0.6 is 0 Å². The predicted octanol–water partition coefficient (Wildman–Crippen LogP) is 3.71. The molecule has 3 rings (SSSR count). The number of rotatable bonds is 6. The van der Waals surface area contributed by atoms with Gasteiger partial charge in [0.15, 0.2) is 0 Å². The second-order valence-corrected chi connectivity index (χ2v) is 6.61. The van der Waals surface area contributed by atoms with Crippen LogP contribution in [-0.4, -0.2) is 36.4 Å². The zero-order valence-electron chi connectivity index (χ0n) is 16.1. The fourth-order valence-corrected chi connectivity index (χ4v) is 3.35. The highest BCUT2D eigenvalue weighted by Crippen LogP contribution is 2.35. The van der Waals surface area contributed by atoms with Crippen LogP contribution in [0, 0.1) is 0 Å². The molecule has 1 aliphatic heterocycles. The minimum absolute atomic E-state index is 0.217. The van der Waals surface area contributed by atoms with E-state index < -0.39 is 0 Å². The highest BCUT2D eigenvalue weighted by Gasteiger charge is 2.42. The van der Waals surface area contributed by atoms with Crippen molar-refractivity contribution in [2.75, 3.05) is 18.6 Å². The fourth-order valence-electron chi connectivity index (χ4n) is 3.35. The van der Waals surface area contributed by atoms with E-state index in [0.29, 0.717) is 29.1 Å². The third-order valence-electron chi connectivity index (χ3n) is 4.64. The molecule has 2 aromatic carbocycles. The number of carbonyl (C=O) groups is 2. The first-order valence-corrected chi connectivity index (χ1v) is 9.08. The zero-order valence-corrected chi connectivity index (χ0v) is 16.1. The number of carbonyl (C=O) groups excluding carboxylic acids is 2. The zero-order chi connectivity index (χ0) is 19.6. The summed E-state index contributed by atoms with van der Waals surface area (Å²) < 4.78 is 5.22. The van der Waals surface area contributed by atoms with Gasteiger partial charge in [-0.15, -0.1) is 0 Å². The highest BCUT2D eigenvalue weighted by atomic mass is 16.5. The predicted molar refractivity (Wildman–Crippen MR) is 106 cm³/mol. The standard InChI is InChI=1S/C22H24N2O3/c1-5-23(17-9-7-6-8-10-17)20-19(16-11-13-18(27-4)14-12-16)21(25)24(15(2)3)22(20)26/h6-15H,5H2,1-4H3. The van der Waals surface area contributed by atoms with Crippen molar-refractivity contribution in [3.63, 3.8) is 0 Å². The minimum Gasteiger partial charge on any atom is -0.497 e. The number of hydrogen-bond acceptors (Lipinski definition) is 4. The second-order valence-electron chi connectivity index (χ2n) is 6.61. The normalized spacial score (nSPS) is 14.3. The average molecular weight is 364 g/mol. The van der Waals surface area contributed by atoms with Gasteiger partial charge in [-0.1, -0.05) is 30.3 Å². The molecule has 0 saturated heterocycles. The molecule has 5 nitrogen and oxygen atoms in total. The molecule has 0 atom stereocenters. The molecule has 0 spiro atoms. The number of ether oxygens (including phenoxy) is 1. The molecule has 0 N–H and O–H groups in total. The number of anilines is 1. The third kappa shape index (κ3) is 3.33. The lowest BCUT2D eigenvalue weighted by atomic mass is 10.0. The van der Waals surface area contributed by atoms with Gasteiger partial charge in [0.2, 0.25) is 0 Å². The SMILES string of the molecule is CCN(C1=C(c2ccc(OC)cc2)C(=O)N(C(C)C)C1=O)c1ccccc1. The first-order valence-electron chi connectivity index (χ1n) is 9.08. The molecule has 140 valence electrons. The number of likely N-dealkylation sites (N-methyl/N-ethyl adjacent to an activating group) is 1. The summed E-state index contributed by atoms with van der Waals surface area (Å²) >= 11 is 0. The Bertz CT molecular complexity index is 870. The van der Waals surface area contributed by atoms with Crippen molar-refractivity contribution in [2.24, 2.45) is 0 Å². The lowest BCUT2D eigenvalue weighted by Gasteiger charge is -2.25. The summed E-state index contributed by atoms with van der Waals surface area (Å²) in [6.45, 7) is 6.25. The Morgan fingerprint density at radius 3 is 2.11 bits per heavy atom. The van der Waals surface area contributed by atoms with Crippen LogP contribution in [0.25, 0.3) is 5.57 Å². The fraction of sp³-hybridized carbons (Fsp3) is 0.273. The van der Waals surface area contributed by atoms with Crippen LogP contribution in [0.3, 0.4) is 0 Å². The number of nitrogens with zero attached hydrogens (tertiary/aromatic N) is 2. The van der Waals surface area contributed by atoms with Crippen molar-refractivity contribution in [3.05, 3.63) is 65.9 Å². The van der Waals surface area contributed by atoms with Crippen molar-refractivity contribution in [3.8, 4) is 5.75 Å². The summed E-state index contributed by atoms with van der Waals surface area (Å²) in [5.74, 6) is 0.185. The number of amides is 2. The van der Waals surface area contributed by atoms with Gasteiger partial charge in [-0.25, -0.2) is 0 Å². The summed E-state index contributed by atoms with van der Waals surface area (Å²) in [7, 11) is 1.60. The monoisotopic (exact) mass is 364 g/mol. The van der Waals surface area contributed by atoms with Gasteiger partial charge >= 0.3 is 0 Å². The number of methoxy groups -OCH3 is 1. The van der Waals surface area contributed by atoms with Gasteiger partial charge in [0.1, 0.15) is 11.4 Å². The molecule has 0 unspecified atom stereocenters. The Morgan fingerprint density at radius 2 is 1.59 bits per heavy atom. The van der Waals surface area contributed by atoms with E-state index in [2.05, 4.69) is 0 Å². The van der Waals surface area contributed by atoms with Crippen molar-refractivity contribution in [1.29, 1.82) is 0 Å². The van der Waals surface area contributed by atoms with Crippen molar-refractivity contribution >= 4 is 23.1 Å². The maximum atomic E-state index is 13.2. The molecule has 0 aliphatic carbocycles. The van der Waals surface area contributed by atoms with E-state index in [1.165, 1.54) is 4.90 Å². The molecule has 27 heavy (non-hydrogen) atoms. The van der Waals surface area contributed by atoms with Crippen molar-refractivity contribution in [1.82, 2.24) is 4.90 Å². The minimum atomic E-state index is -0.260. The largest absolute Gasteiger partial charge is 0.497 e. The van der Waals surface area contributed by atoms with E-state index in [1.807, 2.05) is 68.1 Å². The topological polar surface area (TPSA) is 49.9 Å². The van der Waals surface area contributed by atoms with E-state index in [0.717, 1.165) is 5.69 Å². The van der Waals surface area contributed by atoms with Crippen LogP contribution in [-0.2, 0) is 9.59 Å². The Kier molecular flexibility index (Phi) is 5.31. The molecule has 1 heterocycles. The smallest absolute Gasteiger partial charge is 0.278 e. The van der Waals surface area contributed by atoms with Gasteiger partial charge < -0.3 is 9.64 Å². The van der Waals surface area contributed by atoms with Crippen LogP contribution in [0.4, 0.5) is 5.69 Å². The van der Waals surface area contributed by atoms with Crippen LogP contribution < -0.4 is 9.64 Å². The van der Waals surface area contributed by atoms with Gasteiger partial charge in [-0.2, -0.15) is 0 Å². The van der Waals surface area contributed by atoms with Crippen LogP contribution in [0.5, 0.6) is 5.75 Å². The van der Waals surface area contributed by atoms with E-state index >= 15 is 0 Å². The first kappa shape index (κ1) is 18.7. The van der Waals surface area contributed by atoms with Gasteiger partial charge in [0, 0.05) is 18.3 Å². The lowest BCUT2D eigenvalue weighted by molar-refractivity contribution is -0.138. The number of hydrogen-bond donors (Lipinski definition) is 0.